The van der Waals surface area contributed by atoms with E-state index in [0.29, 0.717) is 30.4 Å². The van der Waals surface area contributed by atoms with Gasteiger partial charge in [-0.15, -0.1) is 11.3 Å². The van der Waals surface area contributed by atoms with Crippen LogP contribution in [0.4, 0.5) is 5.82 Å². The first-order valence-electron chi connectivity index (χ1n) is 6.84. The summed E-state index contributed by atoms with van der Waals surface area (Å²) >= 11 is 1.44. The average Bonchev–Trinajstić information content (AvgIpc) is 3.00. The second-order valence-corrected chi connectivity index (χ2v) is 7.54. The van der Waals surface area contributed by atoms with E-state index < -0.39 is 10.0 Å². The van der Waals surface area contributed by atoms with E-state index in [1.165, 1.54) is 11.3 Å². The van der Waals surface area contributed by atoms with Crippen LogP contribution in [-0.2, 0) is 10.0 Å². The SMILES string of the molecule is CCNc1nc2sccn2c1S(=O)(=O)N1CCCCC1. The number of hydrogen-bond acceptors (Lipinski definition) is 5. The number of nitrogens with one attached hydrogen (secondary N) is 1. The molecule has 1 fully saturated rings. The molecule has 1 aliphatic heterocycles. The molecule has 8 heteroatoms. The van der Waals surface area contributed by atoms with Crippen molar-refractivity contribution in [3.05, 3.63) is 11.6 Å². The molecule has 20 heavy (non-hydrogen) atoms. The van der Waals surface area contributed by atoms with E-state index in [1.54, 1.807) is 14.9 Å². The van der Waals surface area contributed by atoms with Crippen LogP contribution in [0.3, 0.4) is 0 Å². The number of fused-ring (bicyclic) bond motifs is 1. The maximum Gasteiger partial charge on any atom is 0.262 e. The van der Waals surface area contributed by atoms with Crippen LogP contribution in [0, 0.1) is 0 Å². The van der Waals surface area contributed by atoms with Crippen molar-refractivity contribution >= 4 is 32.1 Å². The van der Waals surface area contributed by atoms with Crippen molar-refractivity contribution < 1.29 is 8.42 Å². The number of thiazole rings is 1. The minimum atomic E-state index is -3.49. The van der Waals surface area contributed by atoms with Gasteiger partial charge in [-0.05, 0) is 19.8 Å². The van der Waals surface area contributed by atoms with E-state index in [1.807, 2.05) is 12.3 Å². The van der Waals surface area contributed by atoms with Crippen molar-refractivity contribution in [3.8, 4) is 0 Å². The highest BCUT2D eigenvalue weighted by molar-refractivity contribution is 7.89. The predicted molar refractivity (Wildman–Crippen MR) is 79.8 cm³/mol. The van der Waals surface area contributed by atoms with Crippen molar-refractivity contribution in [2.24, 2.45) is 0 Å². The van der Waals surface area contributed by atoms with Gasteiger partial charge >= 0.3 is 0 Å². The van der Waals surface area contributed by atoms with Crippen LogP contribution < -0.4 is 5.32 Å². The minimum Gasteiger partial charge on any atom is -0.368 e. The highest BCUT2D eigenvalue weighted by atomic mass is 32.2. The smallest absolute Gasteiger partial charge is 0.262 e. The molecule has 0 amide bonds. The lowest BCUT2D eigenvalue weighted by atomic mass is 10.2. The third kappa shape index (κ3) is 2.21. The Kier molecular flexibility index (Phi) is 3.70. The van der Waals surface area contributed by atoms with Crippen LogP contribution in [-0.4, -0.2) is 41.7 Å². The summed E-state index contributed by atoms with van der Waals surface area (Å²) in [7, 11) is -3.49. The number of aromatic nitrogens is 2. The third-order valence-corrected chi connectivity index (χ3v) is 6.14. The van der Waals surface area contributed by atoms with Gasteiger partial charge in [0.1, 0.15) is 0 Å². The monoisotopic (exact) mass is 314 g/mol. The molecule has 2 aromatic rings. The number of nitrogens with zero attached hydrogens (tertiary/aromatic N) is 3. The zero-order valence-corrected chi connectivity index (χ0v) is 13.0. The van der Waals surface area contributed by atoms with Crippen LogP contribution in [0.5, 0.6) is 0 Å². The number of rotatable bonds is 4. The molecule has 6 nitrogen and oxygen atoms in total. The fourth-order valence-corrected chi connectivity index (χ4v) is 5.03. The Labute approximate surface area is 122 Å². The van der Waals surface area contributed by atoms with Crippen LogP contribution in [0.1, 0.15) is 26.2 Å². The van der Waals surface area contributed by atoms with Gasteiger partial charge in [0, 0.05) is 31.2 Å². The number of imidazole rings is 1. The van der Waals surface area contributed by atoms with Gasteiger partial charge in [0.05, 0.1) is 0 Å². The van der Waals surface area contributed by atoms with E-state index in [4.69, 9.17) is 0 Å². The maximum absolute atomic E-state index is 12.9. The molecule has 0 unspecified atom stereocenters. The molecule has 1 N–H and O–H groups in total. The topological polar surface area (TPSA) is 66.7 Å². The van der Waals surface area contributed by atoms with E-state index in [9.17, 15) is 8.42 Å². The summed E-state index contributed by atoms with van der Waals surface area (Å²) < 4.78 is 29.0. The maximum atomic E-state index is 12.9. The molecule has 0 atom stereocenters. The molecular weight excluding hydrogens is 296 g/mol. The summed E-state index contributed by atoms with van der Waals surface area (Å²) in [5.41, 5.74) is 0. The predicted octanol–water partition coefficient (Wildman–Crippen LogP) is 2.00. The van der Waals surface area contributed by atoms with Crippen molar-refractivity contribution in [2.75, 3.05) is 25.0 Å². The summed E-state index contributed by atoms with van der Waals surface area (Å²) in [5.74, 6) is 0.463. The van der Waals surface area contributed by atoms with Gasteiger partial charge in [-0.25, -0.2) is 13.4 Å². The Morgan fingerprint density at radius 3 is 2.80 bits per heavy atom. The molecule has 0 saturated carbocycles. The van der Waals surface area contributed by atoms with Crippen molar-refractivity contribution in [1.29, 1.82) is 0 Å². The van der Waals surface area contributed by atoms with Crippen LogP contribution in [0.25, 0.3) is 4.96 Å². The molecule has 0 spiro atoms. The highest BCUT2D eigenvalue weighted by Gasteiger charge is 2.32. The molecule has 1 aliphatic rings. The number of hydrogen-bond donors (Lipinski definition) is 1. The van der Waals surface area contributed by atoms with E-state index in [2.05, 4.69) is 10.3 Å². The fourth-order valence-electron chi connectivity index (χ4n) is 2.52. The lowest BCUT2D eigenvalue weighted by Crippen LogP contribution is -2.36. The average molecular weight is 314 g/mol. The quantitative estimate of drug-likeness (QED) is 0.937. The van der Waals surface area contributed by atoms with Crippen LogP contribution in [0.15, 0.2) is 16.6 Å². The van der Waals surface area contributed by atoms with Crippen molar-refractivity contribution in [3.63, 3.8) is 0 Å². The zero-order valence-electron chi connectivity index (χ0n) is 11.4. The van der Waals surface area contributed by atoms with Gasteiger partial charge in [-0.2, -0.15) is 4.31 Å². The van der Waals surface area contributed by atoms with E-state index in [0.717, 1.165) is 19.3 Å². The van der Waals surface area contributed by atoms with Crippen LogP contribution >= 0.6 is 11.3 Å². The Morgan fingerprint density at radius 2 is 2.10 bits per heavy atom. The van der Waals surface area contributed by atoms with Gasteiger partial charge in [-0.1, -0.05) is 6.42 Å². The molecule has 1 saturated heterocycles. The fraction of sp³-hybridized carbons (Fsp3) is 0.583. The van der Waals surface area contributed by atoms with Gasteiger partial charge in [0.25, 0.3) is 10.0 Å². The van der Waals surface area contributed by atoms with Gasteiger partial charge in [0.2, 0.25) is 0 Å². The number of anilines is 1. The first-order chi connectivity index (χ1) is 9.64. The lowest BCUT2D eigenvalue weighted by Gasteiger charge is -2.25. The molecule has 0 aliphatic carbocycles. The summed E-state index contributed by atoms with van der Waals surface area (Å²) in [6.45, 7) is 3.79. The lowest BCUT2D eigenvalue weighted by molar-refractivity contribution is 0.345. The van der Waals surface area contributed by atoms with Crippen molar-refractivity contribution in [1.82, 2.24) is 13.7 Å². The number of sulfonamides is 1. The molecule has 110 valence electrons. The first-order valence-corrected chi connectivity index (χ1v) is 9.16. The largest absolute Gasteiger partial charge is 0.368 e. The van der Waals surface area contributed by atoms with Crippen LogP contribution in [0.2, 0.25) is 0 Å². The summed E-state index contributed by atoms with van der Waals surface area (Å²) in [4.78, 5) is 5.09. The van der Waals surface area contributed by atoms with Gasteiger partial charge < -0.3 is 5.32 Å². The molecule has 0 aromatic carbocycles. The second kappa shape index (κ2) is 5.34. The molecular formula is C12H18N4O2S2. The van der Waals surface area contributed by atoms with Crippen molar-refractivity contribution in [2.45, 2.75) is 31.2 Å². The second-order valence-electron chi connectivity index (χ2n) is 4.82. The van der Waals surface area contributed by atoms with E-state index in [-0.39, 0.29) is 5.03 Å². The Balaban J connectivity index is 2.10. The Hall–Kier alpha value is -1.12. The van der Waals surface area contributed by atoms with Gasteiger partial charge in [0.15, 0.2) is 15.8 Å². The Morgan fingerprint density at radius 1 is 1.35 bits per heavy atom. The minimum absolute atomic E-state index is 0.275. The highest BCUT2D eigenvalue weighted by Crippen LogP contribution is 2.29. The summed E-state index contributed by atoms with van der Waals surface area (Å²) in [6.07, 6.45) is 4.74. The van der Waals surface area contributed by atoms with E-state index >= 15 is 0 Å². The third-order valence-electron chi connectivity index (χ3n) is 3.46. The molecule has 3 heterocycles. The van der Waals surface area contributed by atoms with Gasteiger partial charge in [-0.3, -0.25) is 4.40 Å². The molecule has 2 aromatic heterocycles. The normalized spacial score (nSPS) is 17.6. The molecule has 0 radical (unpaired) electrons. The zero-order chi connectivity index (χ0) is 14.2. The Bertz CT molecular complexity index is 698. The summed E-state index contributed by atoms with van der Waals surface area (Å²) in [6, 6.07) is 0. The standard InChI is InChI=1S/C12H18N4O2S2/c1-2-13-10-11(16-8-9-19-12(16)14-10)20(17,18)15-6-4-3-5-7-15/h8-9,13H,2-7H2,1H3. The number of piperidine rings is 1. The first kappa shape index (κ1) is 13.8. The summed E-state index contributed by atoms with van der Waals surface area (Å²) in [5, 5.41) is 5.20. The molecule has 0 bridgehead atoms. The molecule has 3 rings (SSSR count).